The fourth-order valence-electron chi connectivity index (χ4n) is 1.75. The van der Waals surface area contributed by atoms with Gasteiger partial charge >= 0.3 is 6.18 Å². The van der Waals surface area contributed by atoms with Crippen LogP contribution in [0, 0.1) is 0 Å². The third-order valence-electron chi connectivity index (χ3n) is 2.73. The quantitative estimate of drug-likeness (QED) is 0.848. The predicted octanol–water partition coefficient (Wildman–Crippen LogP) is 4.77. The van der Waals surface area contributed by atoms with Crippen molar-refractivity contribution in [3.05, 3.63) is 56.2 Å². The van der Waals surface area contributed by atoms with E-state index in [-0.39, 0.29) is 4.47 Å². The van der Waals surface area contributed by atoms with Crippen molar-refractivity contribution in [3.8, 4) is 0 Å². The van der Waals surface area contributed by atoms with E-state index >= 15 is 0 Å². The van der Waals surface area contributed by atoms with Crippen molar-refractivity contribution in [2.75, 3.05) is 0 Å². The summed E-state index contributed by atoms with van der Waals surface area (Å²) in [4.78, 5) is 1.06. The van der Waals surface area contributed by atoms with Crippen LogP contribution in [0.2, 0.25) is 0 Å². The molecule has 0 aliphatic heterocycles. The minimum Gasteiger partial charge on any atom is -0.324 e. The Hall–Kier alpha value is -0.850. The summed E-state index contributed by atoms with van der Waals surface area (Å²) in [6, 6.07) is 7.52. The average molecular weight is 350 g/mol. The van der Waals surface area contributed by atoms with E-state index in [0.717, 1.165) is 10.9 Å². The Morgan fingerprint density at radius 2 is 2.00 bits per heavy atom. The van der Waals surface area contributed by atoms with Crippen molar-refractivity contribution in [2.45, 2.75) is 18.6 Å². The molecule has 6 heteroatoms. The lowest BCUT2D eigenvalue weighted by Gasteiger charge is -2.15. The van der Waals surface area contributed by atoms with E-state index in [1.165, 1.54) is 6.07 Å². The van der Waals surface area contributed by atoms with Gasteiger partial charge in [-0.25, -0.2) is 0 Å². The second kappa shape index (κ2) is 5.64. The van der Waals surface area contributed by atoms with Crippen molar-refractivity contribution in [1.29, 1.82) is 0 Å². The molecule has 1 aromatic heterocycles. The van der Waals surface area contributed by atoms with E-state index in [0.29, 0.717) is 12.0 Å². The number of thiophene rings is 1. The van der Waals surface area contributed by atoms with Crippen molar-refractivity contribution in [1.82, 2.24) is 0 Å². The summed E-state index contributed by atoms with van der Waals surface area (Å²) in [7, 11) is 0. The fraction of sp³-hybridized carbons (Fsp3) is 0.231. The molecular formula is C13H11BrF3NS. The Labute approximate surface area is 121 Å². The number of halogens is 4. The van der Waals surface area contributed by atoms with Crippen LogP contribution in [0.25, 0.3) is 0 Å². The highest BCUT2D eigenvalue weighted by Crippen LogP contribution is 2.36. The van der Waals surface area contributed by atoms with Crippen molar-refractivity contribution >= 4 is 27.3 Å². The largest absolute Gasteiger partial charge is 0.417 e. The van der Waals surface area contributed by atoms with Crippen LogP contribution < -0.4 is 5.73 Å². The van der Waals surface area contributed by atoms with Crippen molar-refractivity contribution in [3.63, 3.8) is 0 Å². The van der Waals surface area contributed by atoms with Gasteiger partial charge in [0.05, 0.1) is 5.56 Å². The molecule has 0 spiro atoms. The molecule has 0 aliphatic rings. The third-order valence-corrected chi connectivity index (χ3v) is 4.32. The third kappa shape index (κ3) is 3.58. The highest BCUT2D eigenvalue weighted by Gasteiger charge is 2.33. The van der Waals surface area contributed by atoms with Gasteiger partial charge in [0.15, 0.2) is 0 Å². The van der Waals surface area contributed by atoms with Gasteiger partial charge in [0.25, 0.3) is 0 Å². The van der Waals surface area contributed by atoms with Crippen LogP contribution >= 0.6 is 27.3 Å². The Bertz CT molecular complexity index is 552. The van der Waals surface area contributed by atoms with Crippen LogP contribution in [0.3, 0.4) is 0 Å². The zero-order valence-electron chi connectivity index (χ0n) is 9.75. The second-order valence-corrected chi connectivity index (χ2v) is 6.01. The van der Waals surface area contributed by atoms with Crippen molar-refractivity contribution in [2.24, 2.45) is 5.73 Å². The van der Waals surface area contributed by atoms with E-state index in [1.54, 1.807) is 17.4 Å². The second-order valence-electron chi connectivity index (χ2n) is 4.13. The maximum absolute atomic E-state index is 12.8. The molecule has 1 heterocycles. The SMILES string of the molecule is NC(Cc1cccs1)c1ccc(Br)c(C(F)(F)F)c1. The summed E-state index contributed by atoms with van der Waals surface area (Å²) in [6.45, 7) is 0. The van der Waals surface area contributed by atoms with Crippen molar-refractivity contribution < 1.29 is 13.2 Å². The van der Waals surface area contributed by atoms with Crippen LogP contribution in [-0.4, -0.2) is 0 Å². The number of hydrogen-bond acceptors (Lipinski definition) is 2. The van der Waals surface area contributed by atoms with E-state index in [2.05, 4.69) is 15.9 Å². The number of nitrogens with two attached hydrogens (primary N) is 1. The molecule has 2 N–H and O–H groups in total. The molecule has 1 aromatic carbocycles. The Morgan fingerprint density at radius 1 is 1.26 bits per heavy atom. The van der Waals surface area contributed by atoms with Gasteiger partial charge in [-0.05, 0) is 29.1 Å². The summed E-state index contributed by atoms with van der Waals surface area (Å²) in [6.07, 6.45) is -3.84. The molecule has 0 saturated heterocycles. The van der Waals surface area contributed by atoms with Gasteiger partial charge in [-0.15, -0.1) is 11.3 Å². The van der Waals surface area contributed by atoms with Gasteiger partial charge in [-0.1, -0.05) is 28.1 Å². The summed E-state index contributed by atoms with van der Waals surface area (Å²) in [5.74, 6) is 0. The maximum atomic E-state index is 12.8. The minimum absolute atomic E-state index is 0.0343. The lowest BCUT2D eigenvalue weighted by atomic mass is 10.0. The maximum Gasteiger partial charge on any atom is 0.417 e. The smallest absolute Gasteiger partial charge is 0.324 e. The van der Waals surface area contributed by atoms with Gasteiger partial charge in [-0.2, -0.15) is 13.2 Å². The van der Waals surface area contributed by atoms with Gasteiger partial charge < -0.3 is 5.73 Å². The molecule has 0 aliphatic carbocycles. The number of alkyl halides is 3. The summed E-state index contributed by atoms with van der Waals surface area (Å²) >= 11 is 4.46. The normalized spacial score (nSPS) is 13.5. The molecule has 0 amide bonds. The highest BCUT2D eigenvalue weighted by atomic mass is 79.9. The highest BCUT2D eigenvalue weighted by molar-refractivity contribution is 9.10. The number of rotatable bonds is 3. The minimum atomic E-state index is -4.38. The zero-order valence-corrected chi connectivity index (χ0v) is 12.1. The first-order chi connectivity index (χ1) is 8.88. The first-order valence-electron chi connectivity index (χ1n) is 5.52. The molecule has 0 saturated carbocycles. The number of benzene rings is 1. The summed E-state index contributed by atoms with van der Waals surface area (Å²) < 4.78 is 38.4. The van der Waals surface area contributed by atoms with E-state index in [1.807, 2.05) is 17.5 Å². The molecule has 0 radical (unpaired) electrons. The fourth-order valence-corrected chi connectivity index (χ4v) is 2.99. The van der Waals surface area contributed by atoms with Crippen LogP contribution in [-0.2, 0) is 12.6 Å². The topological polar surface area (TPSA) is 26.0 Å². The molecule has 2 aromatic rings. The molecule has 1 unspecified atom stereocenters. The van der Waals surface area contributed by atoms with E-state index in [9.17, 15) is 13.2 Å². The molecular weight excluding hydrogens is 339 g/mol. The number of hydrogen-bond donors (Lipinski definition) is 1. The average Bonchev–Trinajstić information content (AvgIpc) is 2.80. The standard InChI is InChI=1S/C13H11BrF3NS/c14-11-4-3-8(6-10(11)13(15,16)17)12(18)7-9-2-1-5-19-9/h1-6,12H,7,18H2. The molecule has 1 nitrogen and oxygen atoms in total. The van der Waals surface area contributed by atoms with Crippen LogP contribution in [0.4, 0.5) is 13.2 Å². The lowest BCUT2D eigenvalue weighted by molar-refractivity contribution is -0.138. The van der Waals surface area contributed by atoms with Gasteiger partial charge in [0.2, 0.25) is 0 Å². The predicted molar refractivity (Wildman–Crippen MR) is 74.1 cm³/mol. The Kier molecular flexibility index (Phi) is 4.32. The molecule has 0 bridgehead atoms. The monoisotopic (exact) mass is 349 g/mol. The first-order valence-corrected chi connectivity index (χ1v) is 7.20. The van der Waals surface area contributed by atoms with Crippen LogP contribution in [0.1, 0.15) is 22.0 Å². The molecule has 2 rings (SSSR count). The van der Waals surface area contributed by atoms with E-state index in [4.69, 9.17) is 5.73 Å². The lowest BCUT2D eigenvalue weighted by Crippen LogP contribution is -2.15. The van der Waals surface area contributed by atoms with Gasteiger partial charge in [0, 0.05) is 21.8 Å². The van der Waals surface area contributed by atoms with Crippen LogP contribution in [0.15, 0.2) is 40.2 Å². The van der Waals surface area contributed by atoms with Crippen LogP contribution in [0.5, 0.6) is 0 Å². The molecule has 102 valence electrons. The van der Waals surface area contributed by atoms with E-state index < -0.39 is 17.8 Å². The summed E-state index contributed by atoms with van der Waals surface area (Å²) in [5, 5.41) is 1.92. The Balaban J connectivity index is 2.25. The molecule has 1 atom stereocenters. The zero-order chi connectivity index (χ0) is 14.0. The first kappa shape index (κ1) is 14.6. The summed E-state index contributed by atoms with van der Waals surface area (Å²) in [5.41, 5.74) is 5.77. The van der Waals surface area contributed by atoms with Gasteiger partial charge in [0.1, 0.15) is 0 Å². The van der Waals surface area contributed by atoms with Gasteiger partial charge in [-0.3, -0.25) is 0 Å². The molecule has 0 fully saturated rings. The Morgan fingerprint density at radius 3 is 2.58 bits per heavy atom. The molecule has 19 heavy (non-hydrogen) atoms.